The smallest absolute Gasteiger partial charge is 0.283 e. The molecule has 2 heterocycles. The van der Waals surface area contributed by atoms with Crippen LogP contribution in [0.3, 0.4) is 0 Å². The Morgan fingerprint density at radius 2 is 1.65 bits per heavy atom. The minimum absolute atomic E-state index is 0.269. The number of nitrogens with one attached hydrogen (secondary N) is 1. The molecule has 6 rings (SSSR count). The van der Waals surface area contributed by atoms with Crippen molar-refractivity contribution in [2.45, 2.75) is 6.42 Å². The summed E-state index contributed by atoms with van der Waals surface area (Å²) in [6.45, 7) is 0. The Morgan fingerprint density at radius 1 is 0.925 bits per heavy atom. The Hall–Kier alpha value is -4.66. The lowest BCUT2D eigenvalue weighted by molar-refractivity contribution is 0.415. The number of halogens is 2. The van der Waals surface area contributed by atoms with E-state index in [0.717, 1.165) is 22.6 Å². The lowest BCUT2D eigenvalue weighted by Gasteiger charge is -2.14. The summed E-state index contributed by atoms with van der Waals surface area (Å²) in [6, 6.07) is 27.8. The molecular weight excluding hydrogens is 547 g/mol. The first-order valence-electron chi connectivity index (χ1n) is 12.4. The predicted molar refractivity (Wildman–Crippen MR) is 160 cm³/mol. The van der Waals surface area contributed by atoms with Gasteiger partial charge in [-0.3, -0.25) is 4.79 Å². The number of fused-ring (bicyclic) bond motifs is 2. The number of benzene rings is 4. The van der Waals surface area contributed by atoms with Crippen LogP contribution in [0.2, 0.25) is 10.0 Å². The lowest BCUT2D eigenvalue weighted by Crippen LogP contribution is -2.16. The van der Waals surface area contributed by atoms with Crippen molar-refractivity contribution in [3.05, 3.63) is 128 Å². The third-order valence-corrected chi connectivity index (χ3v) is 7.04. The van der Waals surface area contributed by atoms with E-state index in [1.165, 1.54) is 4.52 Å². The molecule has 0 unspecified atom stereocenters. The van der Waals surface area contributed by atoms with Crippen LogP contribution < -0.4 is 15.6 Å². The number of anilines is 2. The summed E-state index contributed by atoms with van der Waals surface area (Å²) < 4.78 is 8.15. The molecular formula is C30H22Cl2N6O2. The first-order valence-corrected chi connectivity index (χ1v) is 13.1. The van der Waals surface area contributed by atoms with E-state index in [9.17, 15) is 4.79 Å². The van der Waals surface area contributed by atoms with Crippen molar-refractivity contribution in [3.63, 3.8) is 0 Å². The summed E-state index contributed by atoms with van der Waals surface area (Å²) in [5, 5.41) is 14.2. The van der Waals surface area contributed by atoms with Crippen LogP contribution in [0.4, 0.5) is 11.4 Å². The van der Waals surface area contributed by atoms with Crippen molar-refractivity contribution in [1.82, 2.24) is 19.3 Å². The average Bonchev–Trinajstić information content (AvgIpc) is 3.32. The fourth-order valence-corrected chi connectivity index (χ4v) is 4.87. The molecule has 10 heteroatoms. The third-order valence-electron chi connectivity index (χ3n) is 6.41. The lowest BCUT2D eigenvalue weighted by atomic mass is 10.1. The zero-order valence-electron chi connectivity index (χ0n) is 21.3. The Balaban J connectivity index is 1.47. The van der Waals surface area contributed by atoms with Crippen LogP contribution in [-0.2, 0) is 6.42 Å². The highest BCUT2D eigenvalue weighted by atomic mass is 35.5. The molecule has 0 bridgehead atoms. The van der Waals surface area contributed by atoms with Gasteiger partial charge in [-0.25, -0.2) is 4.98 Å². The summed E-state index contributed by atoms with van der Waals surface area (Å²) in [6.07, 6.45) is 2.03. The number of hydrogen-bond donors (Lipinski definition) is 1. The van der Waals surface area contributed by atoms with E-state index in [2.05, 4.69) is 10.4 Å². The zero-order valence-corrected chi connectivity index (χ0v) is 22.8. The minimum Gasteiger partial charge on any atom is -0.497 e. The van der Waals surface area contributed by atoms with Crippen molar-refractivity contribution in [3.8, 4) is 5.75 Å². The molecule has 0 spiro atoms. The second-order valence-corrected chi connectivity index (χ2v) is 9.76. The highest BCUT2D eigenvalue weighted by Crippen LogP contribution is 2.34. The van der Waals surface area contributed by atoms with Gasteiger partial charge in [0.25, 0.3) is 11.3 Å². The van der Waals surface area contributed by atoms with E-state index in [4.69, 9.17) is 38.0 Å². The van der Waals surface area contributed by atoms with Gasteiger partial charge in [-0.2, -0.15) is 14.3 Å². The molecule has 6 aromatic rings. The van der Waals surface area contributed by atoms with Crippen molar-refractivity contribution < 1.29 is 4.74 Å². The molecule has 0 aliphatic heterocycles. The molecule has 198 valence electrons. The van der Waals surface area contributed by atoms with Crippen LogP contribution in [0.15, 0.2) is 101 Å². The van der Waals surface area contributed by atoms with E-state index < -0.39 is 0 Å². The number of methoxy groups -OCH3 is 1. The number of aromatic nitrogens is 4. The van der Waals surface area contributed by atoms with Gasteiger partial charge in [0.15, 0.2) is 5.82 Å². The third kappa shape index (κ3) is 4.90. The largest absolute Gasteiger partial charge is 0.497 e. The van der Waals surface area contributed by atoms with Crippen LogP contribution in [0.5, 0.6) is 5.75 Å². The Bertz CT molecular complexity index is 1930. The van der Waals surface area contributed by atoms with Crippen LogP contribution in [0.1, 0.15) is 17.0 Å². The maximum atomic E-state index is 13.4. The zero-order chi connectivity index (χ0) is 27.6. The topological polar surface area (TPSA) is 85.8 Å². The first kappa shape index (κ1) is 25.6. The molecule has 40 heavy (non-hydrogen) atoms. The van der Waals surface area contributed by atoms with Crippen LogP contribution >= 0.6 is 23.2 Å². The van der Waals surface area contributed by atoms with E-state index in [1.807, 2.05) is 54.6 Å². The molecule has 0 fully saturated rings. The molecule has 4 aromatic carbocycles. The molecule has 2 aromatic heterocycles. The van der Waals surface area contributed by atoms with Crippen molar-refractivity contribution in [2.24, 2.45) is 5.10 Å². The van der Waals surface area contributed by atoms with Crippen LogP contribution in [0.25, 0.3) is 16.7 Å². The van der Waals surface area contributed by atoms with Gasteiger partial charge in [-0.1, -0.05) is 59.6 Å². The van der Waals surface area contributed by atoms with Gasteiger partial charge in [-0.15, -0.1) is 5.10 Å². The number of ether oxygens (including phenoxy) is 1. The first-order chi connectivity index (χ1) is 19.5. The number of para-hydroxylation sites is 3. The van der Waals surface area contributed by atoms with E-state index in [1.54, 1.807) is 54.4 Å². The average molecular weight is 569 g/mol. The number of hydrogen-bond acceptors (Lipinski definition) is 6. The summed E-state index contributed by atoms with van der Waals surface area (Å²) in [5.74, 6) is 1.57. The van der Waals surface area contributed by atoms with Gasteiger partial charge in [-0.05, 0) is 65.7 Å². The van der Waals surface area contributed by atoms with Crippen LogP contribution in [0, 0.1) is 0 Å². The van der Waals surface area contributed by atoms with Gasteiger partial charge in [0.1, 0.15) is 5.75 Å². The Morgan fingerprint density at radius 3 is 2.42 bits per heavy atom. The second-order valence-electron chi connectivity index (χ2n) is 8.95. The quantitative estimate of drug-likeness (QED) is 0.220. The summed E-state index contributed by atoms with van der Waals surface area (Å²) in [7, 11) is 1.62. The standard InChI is InChI=1S/C30H22Cl2N6O2/c1-40-21-15-13-19(14-16-21)18-33-37-27(36-38-29(39)22-8-3-5-12-26(22)35-30(37)38)17-20-7-2-4-11-25(20)34-28-23(31)9-6-10-24(28)32/h2-16,18,34H,17H2,1H3. The fourth-order valence-electron chi connectivity index (χ4n) is 4.37. The normalized spacial score (nSPS) is 11.5. The highest BCUT2D eigenvalue weighted by molar-refractivity contribution is 6.39. The van der Waals surface area contributed by atoms with Crippen molar-refractivity contribution in [1.29, 1.82) is 0 Å². The molecule has 0 aliphatic carbocycles. The molecule has 0 saturated carbocycles. The summed E-state index contributed by atoms with van der Waals surface area (Å²) in [4.78, 5) is 18.1. The summed E-state index contributed by atoms with van der Waals surface area (Å²) in [5.41, 5.74) is 3.43. The molecule has 0 saturated heterocycles. The van der Waals surface area contributed by atoms with Gasteiger partial charge >= 0.3 is 0 Å². The Kier molecular flexibility index (Phi) is 6.94. The molecule has 0 amide bonds. The number of nitrogens with zero attached hydrogens (tertiary/aromatic N) is 5. The molecule has 0 atom stereocenters. The summed E-state index contributed by atoms with van der Waals surface area (Å²) >= 11 is 12.8. The van der Waals surface area contributed by atoms with Crippen molar-refractivity contribution in [2.75, 3.05) is 12.4 Å². The van der Waals surface area contributed by atoms with Gasteiger partial charge in [0, 0.05) is 12.1 Å². The van der Waals surface area contributed by atoms with Gasteiger partial charge < -0.3 is 10.1 Å². The van der Waals surface area contributed by atoms with E-state index in [-0.39, 0.29) is 5.56 Å². The molecule has 0 aliphatic rings. The monoisotopic (exact) mass is 568 g/mol. The predicted octanol–water partition coefficient (Wildman–Crippen LogP) is 6.58. The maximum Gasteiger partial charge on any atom is 0.283 e. The fraction of sp³-hybridized carbons (Fsp3) is 0.0667. The van der Waals surface area contributed by atoms with E-state index in [0.29, 0.717) is 44.7 Å². The molecule has 0 radical (unpaired) electrons. The Labute approximate surface area is 239 Å². The van der Waals surface area contributed by atoms with Gasteiger partial charge in [0.05, 0.1) is 40.0 Å². The highest BCUT2D eigenvalue weighted by Gasteiger charge is 2.18. The minimum atomic E-state index is -0.269. The number of rotatable bonds is 7. The SMILES string of the molecule is COc1ccc(C=Nn2c(Cc3ccccc3Nc3c(Cl)cccc3Cl)nn3c(=O)c4ccccc4nc23)cc1. The van der Waals surface area contributed by atoms with E-state index >= 15 is 0 Å². The molecule has 1 N–H and O–H groups in total. The maximum absolute atomic E-state index is 13.4. The second kappa shape index (κ2) is 10.8. The van der Waals surface area contributed by atoms with Gasteiger partial charge in [0.2, 0.25) is 0 Å². The molecule has 8 nitrogen and oxygen atoms in total. The van der Waals surface area contributed by atoms with Crippen molar-refractivity contribution >= 4 is 57.5 Å². The van der Waals surface area contributed by atoms with Crippen LogP contribution in [-0.4, -0.2) is 32.6 Å².